The number of hydrogen-bond acceptors (Lipinski definition) is 5. The van der Waals surface area contributed by atoms with Gasteiger partial charge >= 0.3 is 0 Å². The monoisotopic (exact) mass is 240 g/mol. The summed E-state index contributed by atoms with van der Waals surface area (Å²) in [4.78, 5) is 0. The minimum absolute atomic E-state index is 0.0823. The van der Waals surface area contributed by atoms with Gasteiger partial charge in [-0.1, -0.05) is 11.1 Å². The molecule has 1 aromatic rings. The molecule has 0 amide bonds. The molecule has 0 bridgehead atoms. The Morgan fingerprint density at radius 3 is 3.25 bits per heavy atom. The predicted octanol–water partition coefficient (Wildman–Crippen LogP) is -0.274. The lowest BCUT2D eigenvalue weighted by Gasteiger charge is -2.00. The maximum Gasteiger partial charge on any atom is 0.0964 e. The number of rotatable bonds is 8. The highest BCUT2D eigenvalue weighted by molar-refractivity contribution is 7.99. The van der Waals surface area contributed by atoms with Crippen molar-refractivity contribution in [2.75, 3.05) is 24.7 Å². The topological polar surface area (TPSA) is 63.0 Å². The third kappa shape index (κ3) is 5.16. The van der Waals surface area contributed by atoms with E-state index in [1.165, 1.54) is 0 Å². The first-order valence-electron chi connectivity index (χ1n) is 5.08. The van der Waals surface area contributed by atoms with E-state index in [1.807, 2.05) is 6.20 Å². The Labute approximate surface area is 99.6 Å². The molecule has 16 heavy (non-hydrogen) atoms. The SMILES string of the molecule is C#CCSCCNCc1cn(CCO)nn1. The number of aliphatic hydroxyl groups excluding tert-OH is 1. The van der Waals surface area contributed by atoms with Crippen molar-refractivity contribution in [3.8, 4) is 12.3 Å². The molecule has 0 spiro atoms. The molecule has 0 aliphatic rings. The van der Waals surface area contributed by atoms with Crippen molar-refractivity contribution in [2.45, 2.75) is 13.1 Å². The molecule has 0 saturated carbocycles. The lowest BCUT2D eigenvalue weighted by molar-refractivity contribution is 0.268. The molecule has 0 saturated heterocycles. The number of aliphatic hydroxyl groups is 1. The Kier molecular flexibility index (Phi) is 6.65. The van der Waals surface area contributed by atoms with Crippen molar-refractivity contribution >= 4 is 11.8 Å². The van der Waals surface area contributed by atoms with Crippen molar-refractivity contribution in [3.05, 3.63) is 11.9 Å². The van der Waals surface area contributed by atoms with Gasteiger partial charge in [0.05, 0.1) is 24.6 Å². The fraction of sp³-hybridized carbons (Fsp3) is 0.600. The van der Waals surface area contributed by atoms with E-state index >= 15 is 0 Å². The summed E-state index contributed by atoms with van der Waals surface area (Å²) < 4.78 is 1.63. The molecular weight excluding hydrogens is 224 g/mol. The second kappa shape index (κ2) is 8.16. The van der Waals surface area contributed by atoms with E-state index < -0.39 is 0 Å². The predicted molar refractivity (Wildman–Crippen MR) is 65.0 cm³/mol. The van der Waals surface area contributed by atoms with Crippen LogP contribution >= 0.6 is 11.8 Å². The zero-order valence-electron chi connectivity index (χ0n) is 9.09. The van der Waals surface area contributed by atoms with Gasteiger partial charge in [-0.25, -0.2) is 4.68 Å². The van der Waals surface area contributed by atoms with E-state index in [4.69, 9.17) is 11.5 Å². The smallest absolute Gasteiger partial charge is 0.0964 e. The van der Waals surface area contributed by atoms with E-state index in [1.54, 1.807) is 16.4 Å². The Bertz CT molecular complexity index is 334. The second-order valence-electron chi connectivity index (χ2n) is 3.13. The normalized spacial score (nSPS) is 10.2. The van der Waals surface area contributed by atoms with Crippen molar-refractivity contribution in [2.24, 2.45) is 0 Å². The number of terminal acetylenes is 1. The minimum Gasteiger partial charge on any atom is -0.394 e. The van der Waals surface area contributed by atoms with Gasteiger partial charge in [-0.2, -0.15) is 0 Å². The lowest BCUT2D eigenvalue weighted by Crippen LogP contribution is -2.16. The highest BCUT2D eigenvalue weighted by Crippen LogP contribution is 1.96. The van der Waals surface area contributed by atoms with Gasteiger partial charge < -0.3 is 10.4 Å². The Morgan fingerprint density at radius 2 is 2.50 bits per heavy atom. The number of nitrogens with one attached hydrogen (secondary N) is 1. The quantitative estimate of drug-likeness (QED) is 0.484. The summed E-state index contributed by atoms with van der Waals surface area (Å²) in [5.74, 6) is 4.33. The maximum atomic E-state index is 8.70. The van der Waals surface area contributed by atoms with Crippen LogP contribution in [0.5, 0.6) is 0 Å². The molecule has 88 valence electrons. The fourth-order valence-corrected chi connectivity index (χ4v) is 1.67. The van der Waals surface area contributed by atoms with Crippen LogP contribution in [0.3, 0.4) is 0 Å². The molecule has 0 unspecified atom stereocenters. The molecule has 1 heterocycles. The molecule has 1 aromatic heterocycles. The summed E-state index contributed by atoms with van der Waals surface area (Å²) in [5, 5.41) is 19.8. The molecule has 0 radical (unpaired) electrons. The van der Waals surface area contributed by atoms with E-state index in [0.717, 1.165) is 23.7 Å². The van der Waals surface area contributed by atoms with Gasteiger partial charge in [0.2, 0.25) is 0 Å². The van der Waals surface area contributed by atoms with Crippen molar-refractivity contribution in [1.82, 2.24) is 20.3 Å². The molecule has 0 fully saturated rings. The standard InChI is InChI=1S/C10H16N4OS/c1-2-6-16-7-3-11-8-10-9-14(4-5-15)13-12-10/h1,9,11,15H,3-8H2. The van der Waals surface area contributed by atoms with Gasteiger partial charge in [0.1, 0.15) is 0 Å². The molecule has 6 heteroatoms. The number of hydrogen-bond donors (Lipinski definition) is 2. The first-order chi connectivity index (χ1) is 7.86. The maximum absolute atomic E-state index is 8.70. The number of thioether (sulfide) groups is 1. The Hall–Kier alpha value is -1.03. The summed E-state index contributed by atoms with van der Waals surface area (Å²) in [5.41, 5.74) is 0.885. The molecule has 0 atom stereocenters. The van der Waals surface area contributed by atoms with Crippen LogP contribution in [-0.2, 0) is 13.1 Å². The summed E-state index contributed by atoms with van der Waals surface area (Å²) in [6, 6.07) is 0. The summed E-state index contributed by atoms with van der Waals surface area (Å²) in [6.07, 6.45) is 6.96. The second-order valence-corrected chi connectivity index (χ2v) is 4.24. The molecule has 0 aromatic carbocycles. The lowest BCUT2D eigenvalue weighted by atomic mass is 10.4. The van der Waals surface area contributed by atoms with Gasteiger partial charge in [-0.15, -0.1) is 23.3 Å². The van der Waals surface area contributed by atoms with Crippen LogP contribution < -0.4 is 5.32 Å². The van der Waals surface area contributed by atoms with Crippen LogP contribution in [0.25, 0.3) is 0 Å². The van der Waals surface area contributed by atoms with Crippen LogP contribution in [0.1, 0.15) is 5.69 Å². The summed E-state index contributed by atoms with van der Waals surface area (Å²) >= 11 is 1.73. The van der Waals surface area contributed by atoms with E-state index in [9.17, 15) is 0 Å². The third-order valence-corrected chi connectivity index (χ3v) is 2.69. The number of aromatic nitrogens is 3. The Morgan fingerprint density at radius 1 is 1.62 bits per heavy atom. The molecule has 0 aliphatic carbocycles. The van der Waals surface area contributed by atoms with Crippen LogP contribution in [0.2, 0.25) is 0 Å². The van der Waals surface area contributed by atoms with Crippen LogP contribution in [0.15, 0.2) is 6.20 Å². The molecule has 2 N–H and O–H groups in total. The molecule has 0 aliphatic heterocycles. The van der Waals surface area contributed by atoms with Crippen LogP contribution in [-0.4, -0.2) is 44.8 Å². The van der Waals surface area contributed by atoms with Crippen molar-refractivity contribution in [1.29, 1.82) is 0 Å². The highest BCUT2D eigenvalue weighted by atomic mass is 32.2. The minimum atomic E-state index is 0.0823. The average molecular weight is 240 g/mol. The fourth-order valence-electron chi connectivity index (χ4n) is 1.12. The third-order valence-electron chi connectivity index (χ3n) is 1.83. The summed E-state index contributed by atoms with van der Waals surface area (Å²) in [6.45, 7) is 2.17. The molecule has 5 nitrogen and oxygen atoms in total. The van der Waals surface area contributed by atoms with Crippen molar-refractivity contribution in [3.63, 3.8) is 0 Å². The van der Waals surface area contributed by atoms with Gasteiger partial charge in [0.15, 0.2) is 0 Å². The van der Waals surface area contributed by atoms with Crippen LogP contribution in [0, 0.1) is 12.3 Å². The first kappa shape index (κ1) is 13.0. The van der Waals surface area contributed by atoms with Crippen molar-refractivity contribution < 1.29 is 5.11 Å². The highest BCUT2D eigenvalue weighted by Gasteiger charge is 1.99. The van der Waals surface area contributed by atoms with Gasteiger partial charge in [-0.05, 0) is 0 Å². The first-order valence-corrected chi connectivity index (χ1v) is 6.24. The Balaban J connectivity index is 2.10. The zero-order valence-corrected chi connectivity index (χ0v) is 9.91. The number of nitrogens with zero attached hydrogens (tertiary/aromatic N) is 3. The molecule has 1 rings (SSSR count). The summed E-state index contributed by atoms with van der Waals surface area (Å²) in [7, 11) is 0. The van der Waals surface area contributed by atoms with Gasteiger partial charge in [0, 0.05) is 25.0 Å². The van der Waals surface area contributed by atoms with E-state index in [2.05, 4.69) is 21.5 Å². The zero-order chi connectivity index (χ0) is 11.6. The molecular formula is C10H16N4OS. The van der Waals surface area contributed by atoms with E-state index in [-0.39, 0.29) is 6.61 Å². The largest absolute Gasteiger partial charge is 0.394 e. The van der Waals surface area contributed by atoms with E-state index in [0.29, 0.717) is 13.1 Å². The van der Waals surface area contributed by atoms with Gasteiger partial charge in [-0.3, -0.25) is 0 Å². The average Bonchev–Trinajstić information content (AvgIpc) is 2.72. The van der Waals surface area contributed by atoms with Crippen LogP contribution in [0.4, 0.5) is 0 Å². The van der Waals surface area contributed by atoms with Gasteiger partial charge in [0.25, 0.3) is 0 Å².